The van der Waals surface area contributed by atoms with Gasteiger partial charge in [0.15, 0.2) is 0 Å². The number of thiol groups is 1. The number of allylic oxidation sites excluding steroid dienone is 4. The van der Waals surface area contributed by atoms with Crippen LogP contribution in [0.1, 0.15) is 24.0 Å². The minimum Gasteiger partial charge on any atom is -0.404 e. The molecule has 0 saturated heterocycles. The third-order valence-electron chi connectivity index (χ3n) is 7.01. The second-order valence-electron chi connectivity index (χ2n) is 8.83. The molecular weight excluding hydrogens is 432 g/mol. The lowest BCUT2D eigenvalue weighted by Crippen LogP contribution is -1.98. The number of hydrogen-bond donors (Lipinski definition) is 2. The Bertz CT molecular complexity index is 1740. The van der Waals surface area contributed by atoms with Crippen molar-refractivity contribution in [3.8, 4) is 0 Å². The van der Waals surface area contributed by atoms with Crippen molar-refractivity contribution in [3.63, 3.8) is 0 Å². The first-order valence-corrected chi connectivity index (χ1v) is 11.9. The number of fused-ring (bicyclic) bond motifs is 11. The van der Waals surface area contributed by atoms with E-state index >= 15 is 0 Å². The summed E-state index contributed by atoms with van der Waals surface area (Å²) in [6.07, 6.45) is 9.99. The van der Waals surface area contributed by atoms with Crippen LogP contribution in [0.4, 0.5) is 0 Å². The van der Waals surface area contributed by atoms with Gasteiger partial charge in [0.05, 0.1) is 0 Å². The van der Waals surface area contributed by atoms with Gasteiger partial charge in [-0.2, -0.15) is 0 Å². The van der Waals surface area contributed by atoms with Gasteiger partial charge in [0, 0.05) is 23.9 Å². The number of hydrogen-bond acceptors (Lipinski definition) is 3. The average Bonchev–Trinajstić information content (AvgIpc) is 3.06. The van der Waals surface area contributed by atoms with Crippen LogP contribution in [0.5, 0.6) is 0 Å². The van der Waals surface area contributed by atoms with Crippen molar-refractivity contribution in [2.24, 2.45) is 10.1 Å². The number of nitrogens with two attached hydrogens (primary N) is 1. The van der Waals surface area contributed by atoms with E-state index < -0.39 is 0 Å². The van der Waals surface area contributed by atoms with Crippen molar-refractivity contribution in [2.75, 3.05) is 0 Å². The van der Waals surface area contributed by atoms with E-state index in [1.807, 2.05) is 0 Å². The number of nitrogens with zero attached hydrogens (tertiary/aromatic N) is 1. The highest BCUT2D eigenvalue weighted by atomic mass is 32.1. The molecule has 0 bridgehead atoms. The lowest BCUT2D eigenvalue weighted by molar-refractivity contribution is 0.982. The van der Waals surface area contributed by atoms with E-state index in [1.54, 1.807) is 12.4 Å². The average molecular weight is 457 g/mol. The monoisotopic (exact) mass is 456 g/mol. The fourth-order valence-corrected chi connectivity index (χ4v) is 5.68. The van der Waals surface area contributed by atoms with Crippen LogP contribution < -0.4 is 5.73 Å². The molecule has 0 radical (unpaired) electrons. The third-order valence-corrected chi connectivity index (χ3v) is 7.12. The van der Waals surface area contributed by atoms with E-state index in [1.165, 1.54) is 54.2 Å². The van der Waals surface area contributed by atoms with Gasteiger partial charge in [-0.3, -0.25) is 0 Å². The predicted molar refractivity (Wildman–Crippen MR) is 152 cm³/mol. The lowest BCUT2D eigenvalue weighted by atomic mass is 9.82. The molecule has 0 saturated carbocycles. The minimum absolute atomic E-state index is 0.232. The summed E-state index contributed by atoms with van der Waals surface area (Å²) in [7, 11) is 0. The zero-order valence-electron chi connectivity index (χ0n) is 18.9. The van der Waals surface area contributed by atoms with Crippen LogP contribution in [0.2, 0.25) is 0 Å². The fraction of sp³-hybridized carbons (Fsp3) is 0.0645. The van der Waals surface area contributed by atoms with Crippen LogP contribution in [-0.2, 0) is 0 Å². The molecule has 5 aromatic rings. The van der Waals surface area contributed by atoms with Crippen LogP contribution in [0.3, 0.4) is 0 Å². The van der Waals surface area contributed by atoms with Gasteiger partial charge in [0.25, 0.3) is 0 Å². The highest BCUT2D eigenvalue weighted by Gasteiger charge is 2.22. The Morgan fingerprint density at radius 2 is 1.32 bits per heavy atom. The molecule has 34 heavy (non-hydrogen) atoms. The number of benzene rings is 5. The molecule has 2 N–H and O–H groups in total. The molecule has 0 aromatic heterocycles. The zero-order valence-corrected chi connectivity index (χ0v) is 19.8. The summed E-state index contributed by atoms with van der Waals surface area (Å²) in [5.41, 5.74) is 10.5. The normalized spacial score (nSPS) is 16.5. The Morgan fingerprint density at radius 1 is 0.794 bits per heavy atom. The maximum Gasteiger partial charge on any atom is 0.0441 e. The third kappa shape index (κ3) is 3.01. The van der Waals surface area contributed by atoms with E-state index in [2.05, 4.69) is 115 Å². The van der Waals surface area contributed by atoms with Crippen LogP contribution in [-0.4, -0.2) is 6.21 Å². The Morgan fingerprint density at radius 3 is 1.91 bits per heavy atom. The van der Waals surface area contributed by atoms with E-state index in [-0.39, 0.29) is 5.92 Å². The Kier molecular flexibility index (Phi) is 5.00. The lowest BCUT2D eigenvalue weighted by Gasteiger charge is -2.21. The van der Waals surface area contributed by atoms with Crippen molar-refractivity contribution in [1.29, 1.82) is 0 Å². The molecule has 6 rings (SSSR count). The summed E-state index contributed by atoms with van der Waals surface area (Å²) in [5, 5.41) is 10.3. The van der Waals surface area contributed by atoms with Crippen LogP contribution in [0.25, 0.3) is 49.2 Å². The molecule has 164 valence electrons. The molecule has 3 heteroatoms. The largest absolute Gasteiger partial charge is 0.404 e. The van der Waals surface area contributed by atoms with E-state index in [0.717, 1.165) is 11.1 Å². The minimum atomic E-state index is 0.232. The molecule has 2 nitrogen and oxygen atoms in total. The molecule has 0 heterocycles. The van der Waals surface area contributed by atoms with Gasteiger partial charge in [-0.25, -0.2) is 4.40 Å². The van der Waals surface area contributed by atoms with Crippen molar-refractivity contribution >= 4 is 68.2 Å². The highest BCUT2D eigenvalue weighted by molar-refractivity contribution is 7.79. The second kappa shape index (κ2) is 8.19. The Balaban J connectivity index is 1.94. The first kappa shape index (κ1) is 20.8. The van der Waals surface area contributed by atoms with Crippen molar-refractivity contribution in [2.45, 2.75) is 12.8 Å². The topological polar surface area (TPSA) is 38.4 Å². The highest BCUT2D eigenvalue weighted by Crippen LogP contribution is 2.46. The molecule has 1 aliphatic carbocycles. The SMILES string of the molecule is C[C@@H]1C=CC(C(C=NS)=CN)=Cc2c1c1ccccc1c1c3ccccc3c3ccccc3c21. The van der Waals surface area contributed by atoms with Crippen molar-refractivity contribution in [3.05, 3.63) is 113 Å². The molecule has 1 aliphatic rings. The molecule has 0 unspecified atom stereocenters. The smallest absolute Gasteiger partial charge is 0.0441 e. The van der Waals surface area contributed by atoms with Gasteiger partial charge < -0.3 is 5.73 Å². The zero-order chi connectivity index (χ0) is 23.2. The van der Waals surface area contributed by atoms with E-state index in [9.17, 15) is 0 Å². The summed E-state index contributed by atoms with van der Waals surface area (Å²) < 4.78 is 3.94. The molecule has 5 aromatic carbocycles. The molecule has 0 amide bonds. The van der Waals surface area contributed by atoms with Crippen molar-refractivity contribution < 1.29 is 0 Å². The molecule has 0 fully saturated rings. The predicted octanol–water partition coefficient (Wildman–Crippen LogP) is 8.11. The maximum absolute atomic E-state index is 6.00. The van der Waals surface area contributed by atoms with E-state index in [0.29, 0.717) is 0 Å². The van der Waals surface area contributed by atoms with Crippen LogP contribution in [0, 0.1) is 0 Å². The van der Waals surface area contributed by atoms with Crippen molar-refractivity contribution in [1.82, 2.24) is 0 Å². The van der Waals surface area contributed by atoms with Gasteiger partial charge in [-0.15, -0.1) is 0 Å². The first-order valence-electron chi connectivity index (χ1n) is 11.5. The van der Waals surface area contributed by atoms with E-state index in [4.69, 9.17) is 5.73 Å². The van der Waals surface area contributed by atoms with Gasteiger partial charge in [0.2, 0.25) is 0 Å². The molecule has 0 spiro atoms. The van der Waals surface area contributed by atoms with Gasteiger partial charge in [-0.05, 0) is 78.7 Å². The summed E-state index contributed by atoms with van der Waals surface area (Å²) in [4.78, 5) is 0. The Labute approximate surface area is 204 Å². The summed E-state index contributed by atoms with van der Waals surface area (Å²) in [5.74, 6) is 0.232. The maximum atomic E-state index is 6.00. The molecular formula is C31H24N2S. The van der Waals surface area contributed by atoms with Gasteiger partial charge in [-0.1, -0.05) is 91.9 Å². The summed E-state index contributed by atoms with van der Waals surface area (Å²) >= 11 is 4.05. The van der Waals surface area contributed by atoms with Gasteiger partial charge in [0.1, 0.15) is 0 Å². The standard InChI is InChI=1S/C31H24N2S/c1-19-14-15-20(21(17-32)18-33-34)16-28-29(19)26-12-6-7-13-27(26)30-24-10-4-2-8-22(24)23-9-3-5-11-25(23)31(28)30/h2-19,34H,32H2,1H3/t19-/m1/s1. The summed E-state index contributed by atoms with van der Waals surface area (Å²) in [6.45, 7) is 2.27. The quantitative estimate of drug-likeness (QED) is 0.157. The molecule has 0 aliphatic heterocycles. The Hall–Kier alpha value is -3.82. The second-order valence-corrected chi connectivity index (χ2v) is 9.06. The molecule has 1 atom stereocenters. The fourth-order valence-electron chi connectivity index (χ4n) is 5.56. The van der Waals surface area contributed by atoms with Crippen LogP contribution >= 0.6 is 12.8 Å². The number of rotatable bonds is 2. The van der Waals surface area contributed by atoms with Gasteiger partial charge >= 0.3 is 0 Å². The summed E-state index contributed by atoms with van der Waals surface area (Å²) in [6, 6.07) is 26.3. The van der Waals surface area contributed by atoms with Crippen LogP contribution in [0.15, 0.2) is 107 Å². The first-order chi connectivity index (χ1) is 16.7.